The van der Waals surface area contributed by atoms with E-state index in [-0.39, 0.29) is 10.8 Å². The highest BCUT2D eigenvalue weighted by molar-refractivity contribution is 6.17. The molecule has 11 aromatic carbocycles. The summed E-state index contributed by atoms with van der Waals surface area (Å²) in [6.07, 6.45) is 7.28. The summed E-state index contributed by atoms with van der Waals surface area (Å²) in [7, 11) is 0. The third-order valence-corrected chi connectivity index (χ3v) is 20.8. The number of nitrogens with zero attached hydrogens (tertiary/aromatic N) is 8. The summed E-state index contributed by atoms with van der Waals surface area (Å²) in [5.41, 5.74) is 28.6. The van der Waals surface area contributed by atoms with Gasteiger partial charge < -0.3 is 0 Å². The average Bonchev–Trinajstić information content (AvgIpc) is 1.52. The lowest BCUT2D eigenvalue weighted by Crippen LogP contribution is -2.16. The van der Waals surface area contributed by atoms with E-state index in [1.807, 2.05) is 36.5 Å². The van der Waals surface area contributed by atoms with E-state index in [1.165, 1.54) is 88.0 Å². The van der Waals surface area contributed by atoms with Crippen LogP contribution in [-0.2, 0) is 10.8 Å². The highest BCUT2D eigenvalue weighted by atomic mass is 14.9. The quantitative estimate of drug-likeness (QED) is 0.145. The van der Waals surface area contributed by atoms with Crippen molar-refractivity contribution in [3.05, 3.63) is 326 Å². The molecule has 2 aliphatic rings. The molecule has 0 bridgehead atoms. The molecule has 0 radical (unpaired) electrons. The summed E-state index contributed by atoms with van der Waals surface area (Å²) in [5.74, 6) is 0.704. The van der Waals surface area contributed by atoms with Crippen molar-refractivity contribution in [2.75, 3.05) is 0 Å². The molecule has 0 saturated carbocycles. The van der Waals surface area contributed by atoms with Gasteiger partial charge in [-0.05, 0) is 162 Å². The van der Waals surface area contributed by atoms with Gasteiger partial charge in [0.2, 0.25) is 0 Å². The summed E-state index contributed by atoms with van der Waals surface area (Å²) in [5, 5.41) is 10.6. The fourth-order valence-corrected chi connectivity index (χ4v) is 15.9. The van der Waals surface area contributed by atoms with Crippen molar-refractivity contribution in [3.8, 4) is 101 Å². The Labute approximate surface area is 578 Å². The normalized spacial score (nSPS) is 13.2. The van der Waals surface area contributed by atoms with Crippen molar-refractivity contribution in [2.45, 2.75) is 38.5 Å². The van der Waals surface area contributed by atoms with Crippen LogP contribution in [0, 0.1) is 0 Å². The Balaban J connectivity index is 0.000000142. The molecule has 0 amide bonds. The molecular formula is C92H62N8. The maximum atomic E-state index is 5.36. The molecule has 0 aliphatic heterocycles. The molecule has 8 heteroatoms. The standard InChI is InChI=1S/C51H34N4.C41H28N4/c1-51(2)40-12-6-5-11-39(40)50-49(51)47(48-38-10-4-3-9-31(38)18-27-46(48)55-50)33-16-14-32(15-17-33)41-25-21-36-29-34(19-23-42(36)53-41)35-20-24-43-37(30-35)22-26-45(54-43)44-13-7-8-28-52-44;1-41(2)33-11-6-5-10-32(33)39-38(41)36(37-31-9-4-3-8-26(31)18-19-34(37)45-39)27-14-12-25(13-15-27)30-22-28-16-17-29(23-35(28)44-24-30)40-42-20-7-21-43-40/h3-30H,1-2H3;3-24H,1-2H3. The zero-order valence-electron chi connectivity index (χ0n) is 55.4. The summed E-state index contributed by atoms with van der Waals surface area (Å²) in [6, 6.07) is 99.2. The molecular weight excluding hydrogens is 1220 g/mol. The minimum atomic E-state index is -0.204. The molecule has 18 aromatic rings. The molecule has 7 heterocycles. The van der Waals surface area contributed by atoms with Gasteiger partial charge in [-0.1, -0.05) is 228 Å². The Kier molecular flexibility index (Phi) is 13.4. The van der Waals surface area contributed by atoms with E-state index in [0.29, 0.717) is 5.82 Å². The Hall–Kier alpha value is -12.8. The van der Waals surface area contributed by atoms with Crippen LogP contribution in [0.2, 0.25) is 0 Å². The number of fused-ring (bicyclic) bond motifs is 15. The highest BCUT2D eigenvalue weighted by Crippen LogP contribution is 2.56. The maximum absolute atomic E-state index is 5.36. The van der Waals surface area contributed by atoms with E-state index in [2.05, 4.69) is 291 Å². The smallest absolute Gasteiger partial charge is 0.159 e. The summed E-state index contributed by atoms with van der Waals surface area (Å²) in [6.45, 7) is 9.36. The fraction of sp³-hybridized carbons (Fsp3) is 0.0652. The highest BCUT2D eigenvalue weighted by Gasteiger charge is 2.41. The number of hydrogen-bond donors (Lipinski definition) is 0. The largest absolute Gasteiger partial charge is 0.256 e. The van der Waals surface area contributed by atoms with Gasteiger partial charge in [0.15, 0.2) is 5.82 Å². The van der Waals surface area contributed by atoms with Gasteiger partial charge in [-0.2, -0.15) is 0 Å². The monoisotopic (exact) mass is 1280 g/mol. The Bertz CT molecular complexity index is 6380. The minimum Gasteiger partial charge on any atom is -0.256 e. The van der Waals surface area contributed by atoms with E-state index >= 15 is 0 Å². The van der Waals surface area contributed by atoms with Crippen molar-refractivity contribution < 1.29 is 0 Å². The topological polar surface area (TPSA) is 103 Å². The molecule has 0 unspecified atom stereocenters. The Morgan fingerprint density at radius 2 is 0.700 bits per heavy atom. The van der Waals surface area contributed by atoms with Crippen LogP contribution in [0.15, 0.2) is 304 Å². The first-order chi connectivity index (χ1) is 49.1. The van der Waals surface area contributed by atoms with Crippen molar-refractivity contribution >= 4 is 76.1 Å². The second-order valence-corrected chi connectivity index (χ2v) is 27.4. The van der Waals surface area contributed by atoms with Crippen molar-refractivity contribution in [3.63, 3.8) is 0 Å². The Morgan fingerprint density at radius 3 is 1.28 bits per heavy atom. The summed E-state index contributed by atoms with van der Waals surface area (Å²) >= 11 is 0. The molecule has 0 atom stereocenters. The average molecular weight is 1280 g/mol. The molecule has 8 nitrogen and oxygen atoms in total. The Morgan fingerprint density at radius 1 is 0.260 bits per heavy atom. The van der Waals surface area contributed by atoms with E-state index in [9.17, 15) is 0 Å². The van der Waals surface area contributed by atoms with Gasteiger partial charge in [-0.3, -0.25) is 9.97 Å². The van der Waals surface area contributed by atoms with Crippen LogP contribution in [0.5, 0.6) is 0 Å². The van der Waals surface area contributed by atoms with Crippen LogP contribution < -0.4 is 0 Å². The lowest BCUT2D eigenvalue weighted by atomic mass is 9.78. The molecule has 0 fully saturated rings. The second kappa shape index (κ2) is 22.9. The minimum absolute atomic E-state index is 0.191. The van der Waals surface area contributed by atoms with Crippen LogP contribution in [0.25, 0.3) is 177 Å². The third-order valence-electron chi connectivity index (χ3n) is 20.8. The first-order valence-corrected chi connectivity index (χ1v) is 34.1. The lowest BCUT2D eigenvalue weighted by molar-refractivity contribution is 0.661. The van der Waals surface area contributed by atoms with Crippen LogP contribution in [0.1, 0.15) is 49.9 Å². The predicted octanol–water partition coefficient (Wildman–Crippen LogP) is 22.9. The molecule has 470 valence electrons. The molecule has 0 N–H and O–H groups in total. The number of aromatic nitrogens is 8. The number of benzene rings is 11. The van der Waals surface area contributed by atoms with Gasteiger partial charge in [0.1, 0.15) is 0 Å². The summed E-state index contributed by atoms with van der Waals surface area (Å²) in [4.78, 5) is 38.8. The van der Waals surface area contributed by atoms with Crippen molar-refractivity contribution in [2.24, 2.45) is 0 Å². The maximum Gasteiger partial charge on any atom is 0.159 e. The molecule has 0 saturated heterocycles. The SMILES string of the molecule is CC1(C)c2ccccc2-c2nc3ccc4ccccc4c3c(-c3ccc(-c4ccc5cc(-c6ccc7nc(-c8ccccn8)ccc7c6)ccc5n4)cc3)c21.CC1(C)c2ccccc2-c2nc3ccc4ccccc4c3c(-c3ccc(-c4cnc5cc(-c6ncccn6)ccc5c4)cc3)c21. The first-order valence-electron chi connectivity index (χ1n) is 34.1. The van der Waals surface area contributed by atoms with E-state index in [1.54, 1.807) is 18.6 Å². The van der Waals surface area contributed by atoms with Gasteiger partial charge in [0, 0.05) is 90.4 Å². The predicted molar refractivity (Wildman–Crippen MR) is 411 cm³/mol. The van der Waals surface area contributed by atoms with Crippen LogP contribution in [-0.4, -0.2) is 39.9 Å². The molecule has 2 aliphatic carbocycles. The van der Waals surface area contributed by atoms with E-state index in [0.717, 1.165) is 106 Å². The van der Waals surface area contributed by atoms with E-state index in [4.69, 9.17) is 24.9 Å². The van der Waals surface area contributed by atoms with Gasteiger partial charge >= 0.3 is 0 Å². The van der Waals surface area contributed by atoms with Crippen LogP contribution >= 0.6 is 0 Å². The number of pyridine rings is 6. The van der Waals surface area contributed by atoms with Crippen molar-refractivity contribution in [1.29, 1.82) is 0 Å². The van der Waals surface area contributed by atoms with Gasteiger partial charge in [0.25, 0.3) is 0 Å². The van der Waals surface area contributed by atoms with Gasteiger partial charge in [-0.25, -0.2) is 29.9 Å². The zero-order chi connectivity index (χ0) is 66.8. The van der Waals surface area contributed by atoms with E-state index < -0.39 is 0 Å². The molecule has 0 spiro atoms. The zero-order valence-corrected chi connectivity index (χ0v) is 55.4. The second-order valence-electron chi connectivity index (χ2n) is 27.4. The lowest BCUT2D eigenvalue weighted by Gasteiger charge is -2.25. The fourth-order valence-electron chi connectivity index (χ4n) is 15.9. The number of rotatable bonds is 7. The van der Waals surface area contributed by atoms with Gasteiger partial charge in [-0.15, -0.1) is 0 Å². The molecule has 7 aromatic heterocycles. The third kappa shape index (κ3) is 9.58. The van der Waals surface area contributed by atoms with Crippen LogP contribution in [0.4, 0.5) is 0 Å². The summed E-state index contributed by atoms with van der Waals surface area (Å²) < 4.78 is 0. The van der Waals surface area contributed by atoms with Crippen molar-refractivity contribution in [1.82, 2.24) is 39.9 Å². The molecule has 100 heavy (non-hydrogen) atoms. The van der Waals surface area contributed by atoms with Gasteiger partial charge in [0.05, 0.1) is 56.1 Å². The number of hydrogen-bond acceptors (Lipinski definition) is 8. The van der Waals surface area contributed by atoms with Crippen LogP contribution in [0.3, 0.4) is 0 Å². The molecule has 20 rings (SSSR count). The first kappa shape index (κ1) is 58.6.